The van der Waals surface area contributed by atoms with Crippen molar-refractivity contribution in [1.29, 1.82) is 0 Å². The van der Waals surface area contributed by atoms with Gasteiger partial charge in [0.25, 0.3) is 0 Å². The molecule has 0 fully saturated rings. The van der Waals surface area contributed by atoms with Crippen LogP contribution < -0.4 is 0 Å². The number of rotatable bonds is 2. The first kappa shape index (κ1) is 18.0. The van der Waals surface area contributed by atoms with E-state index in [1.165, 1.54) is 16.7 Å². The molecule has 0 unspecified atom stereocenters. The average Bonchev–Trinajstić information content (AvgIpc) is 2.24. The summed E-state index contributed by atoms with van der Waals surface area (Å²) >= 11 is 0. The van der Waals surface area contributed by atoms with E-state index in [0.717, 1.165) is 0 Å². The van der Waals surface area contributed by atoms with Crippen molar-refractivity contribution in [3.8, 4) is 0 Å². The Morgan fingerprint density at radius 1 is 1.31 bits per heavy atom. The third-order valence-electron chi connectivity index (χ3n) is 2.31. The fraction of sp³-hybridized carbons (Fsp3) is 0.467. The van der Waals surface area contributed by atoms with E-state index in [1.54, 1.807) is 0 Å². The molecule has 1 rings (SSSR count). The zero-order chi connectivity index (χ0) is 11.8. The minimum absolute atomic E-state index is 0. The van der Waals surface area contributed by atoms with E-state index in [9.17, 15) is 0 Å². The maximum atomic E-state index is 3.09. The molecular formula is C15H23Rh-. The van der Waals surface area contributed by atoms with Crippen molar-refractivity contribution in [2.24, 2.45) is 5.92 Å². The van der Waals surface area contributed by atoms with Crippen LogP contribution in [0.3, 0.4) is 0 Å². The van der Waals surface area contributed by atoms with Crippen molar-refractivity contribution in [2.45, 2.75) is 41.5 Å². The van der Waals surface area contributed by atoms with E-state index in [1.807, 2.05) is 26.0 Å². The van der Waals surface area contributed by atoms with Gasteiger partial charge in [0.1, 0.15) is 0 Å². The van der Waals surface area contributed by atoms with Crippen LogP contribution in [0.1, 0.15) is 45.7 Å². The molecule has 0 N–H and O–H groups in total. The van der Waals surface area contributed by atoms with Crippen molar-refractivity contribution < 1.29 is 19.5 Å². The zero-order valence-corrected chi connectivity index (χ0v) is 12.9. The quantitative estimate of drug-likeness (QED) is 0.540. The predicted octanol–water partition coefficient (Wildman–Crippen LogP) is 4.88. The molecule has 0 aromatic heterocycles. The molecule has 0 atom stereocenters. The van der Waals surface area contributed by atoms with Gasteiger partial charge in [0.05, 0.1) is 0 Å². The van der Waals surface area contributed by atoms with Crippen LogP contribution in [-0.4, -0.2) is 0 Å². The van der Waals surface area contributed by atoms with Gasteiger partial charge in [-0.2, -0.15) is 29.8 Å². The molecule has 0 aliphatic heterocycles. The number of allylic oxidation sites excluding steroid dienone is 2. The number of aryl methyl sites for hydroxylation is 1. The second kappa shape index (κ2) is 9.78. The summed E-state index contributed by atoms with van der Waals surface area (Å²) < 4.78 is 0. The Labute approximate surface area is 114 Å². The fourth-order valence-electron chi connectivity index (χ4n) is 1.64. The van der Waals surface area contributed by atoms with Crippen molar-refractivity contribution in [2.75, 3.05) is 0 Å². The van der Waals surface area contributed by atoms with Crippen molar-refractivity contribution in [3.05, 3.63) is 41.5 Å². The number of hydrogen-bond donors (Lipinski definition) is 0. The monoisotopic (exact) mass is 306 g/mol. The molecule has 0 spiro atoms. The van der Waals surface area contributed by atoms with Gasteiger partial charge in [-0.05, 0) is 12.8 Å². The van der Waals surface area contributed by atoms with E-state index in [4.69, 9.17) is 0 Å². The van der Waals surface area contributed by atoms with Crippen LogP contribution in [0.25, 0.3) is 5.57 Å². The van der Waals surface area contributed by atoms with E-state index in [-0.39, 0.29) is 19.5 Å². The molecule has 1 aromatic carbocycles. The van der Waals surface area contributed by atoms with Crippen LogP contribution in [0.2, 0.25) is 0 Å². The zero-order valence-electron chi connectivity index (χ0n) is 11.2. The molecule has 0 amide bonds. The molecule has 1 radical (unpaired) electrons. The van der Waals surface area contributed by atoms with E-state index < -0.39 is 0 Å². The van der Waals surface area contributed by atoms with Crippen molar-refractivity contribution in [3.63, 3.8) is 0 Å². The van der Waals surface area contributed by atoms with Gasteiger partial charge < -0.3 is 0 Å². The maximum absolute atomic E-state index is 3.09. The molecule has 0 saturated heterocycles. The second-order valence-corrected chi connectivity index (χ2v) is 3.64. The molecule has 0 bridgehead atoms. The van der Waals surface area contributed by atoms with Crippen LogP contribution >= 0.6 is 0 Å². The Kier molecular flexibility index (Phi) is 11.0. The SMILES string of the molecule is C/C=C(\c1cc[c-]cc1C)C(C)C.CC.[Rh]. The first-order valence-corrected chi connectivity index (χ1v) is 5.80. The molecule has 93 valence electrons. The first-order valence-electron chi connectivity index (χ1n) is 5.80. The fourth-order valence-corrected chi connectivity index (χ4v) is 1.64. The third-order valence-corrected chi connectivity index (χ3v) is 2.31. The van der Waals surface area contributed by atoms with Crippen LogP contribution in [0.15, 0.2) is 24.3 Å². The Bertz CT molecular complexity index is 311. The van der Waals surface area contributed by atoms with Crippen LogP contribution in [-0.2, 0) is 19.5 Å². The molecule has 0 heterocycles. The largest absolute Gasteiger partial charge is 0.184 e. The molecule has 0 aliphatic carbocycles. The summed E-state index contributed by atoms with van der Waals surface area (Å²) in [4.78, 5) is 0. The normalized spacial score (nSPS) is 10.3. The molecule has 0 saturated carbocycles. The van der Waals surface area contributed by atoms with Gasteiger partial charge in [-0.1, -0.05) is 46.3 Å². The van der Waals surface area contributed by atoms with Gasteiger partial charge in [0.2, 0.25) is 0 Å². The number of benzene rings is 1. The van der Waals surface area contributed by atoms with Gasteiger partial charge in [-0.3, -0.25) is 0 Å². The summed E-state index contributed by atoms with van der Waals surface area (Å²) in [7, 11) is 0. The smallest absolute Gasteiger partial charge is 0 e. The predicted molar refractivity (Wildman–Crippen MR) is 69.9 cm³/mol. The molecule has 16 heavy (non-hydrogen) atoms. The Morgan fingerprint density at radius 2 is 1.88 bits per heavy atom. The van der Waals surface area contributed by atoms with Crippen LogP contribution in [0, 0.1) is 18.9 Å². The third kappa shape index (κ3) is 5.08. The van der Waals surface area contributed by atoms with Gasteiger partial charge in [0, 0.05) is 19.5 Å². The van der Waals surface area contributed by atoms with E-state index in [0.29, 0.717) is 5.92 Å². The average molecular weight is 306 g/mol. The van der Waals surface area contributed by atoms with Crippen molar-refractivity contribution >= 4 is 5.57 Å². The maximum Gasteiger partial charge on any atom is 0 e. The van der Waals surface area contributed by atoms with E-state index >= 15 is 0 Å². The molecule has 0 aliphatic rings. The standard InChI is InChI=1S/C13H17.C2H6.Rh/c1-5-12(10(2)3)13-9-7-6-8-11(13)4;1-2;/h5,7-10H,1-4H3;1-2H3;/q-1;;/b12-5-;;. The summed E-state index contributed by atoms with van der Waals surface area (Å²) in [5, 5.41) is 0. The van der Waals surface area contributed by atoms with E-state index in [2.05, 4.69) is 45.9 Å². The molecule has 0 nitrogen and oxygen atoms in total. The van der Waals surface area contributed by atoms with Gasteiger partial charge in [-0.15, -0.1) is 5.56 Å². The Morgan fingerprint density at radius 3 is 2.25 bits per heavy atom. The summed E-state index contributed by atoms with van der Waals surface area (Å²) in [6.45, 7) is 12.7. The summed E-state index contributed by atoms with van der Waals surface area (Å²) in [5.41, 5.74) is 4.09. The summed E-state index contributed by atoms with van der Waals surface area (Å²) in [6.07, 6.45) is 2.20. The Hall–Kier alpha value is -0.417. The second-order valence-electron chi connectivity index (χ2n) is 3.64. The summed E-state index contributed by atoms with van der Waals surface area (Å²) in [6, 6.07) is 9.26. The Balaban J connectivity index is 0. The summed E-state index contributed by atoms with van der Waals surface area (Å²) in [5.74, 6) is 0.589. The van der Waals surface area contributed by atoms with Crippen molar-refractivity contribution in [1.82, 2.24) is 0 Å². The molecule has 1 aromatic rings. The number of hydrogen-bond acceptors (Lipinski definition) is 0. The molecular weight excluding hydrogens is 283 g/mol. The molecule has 1 heteroatoms. The van der Waals surface area contributed by atoms with Crippen LogP contribution in [0.4, 0.5) is 0 Å². The van der Waals surface area contributed by atoms with Crippen LogP contribution in [0.5, 0.6) is 0 Å². The first-order chi connectivity index (χ1) is 7.16. The minimum atomic E-state index is 0. The topological polar surface area (TPSA) is 0 Å². The van der Waals surface area contributed by atoms with Gasteiger partial charge >= 0.3 is 0 Å². The van der Waals surface area contributed by atoms with Gasteiger partial charge in [-0.25, -0.2) is 0 Å². The minimum Gasteiger partial charge on any atom is -0.184 e. The van der Waals surface area contributed by atoms with Gasteiger partial charge in [0.15, 0.2) is 0 Å².